The summed E-state index contributed by atoms with van der Waals surface area (Å²) < 4.78 is 0. The van der Waals surface area contributed by atoms with Crippen LogP contribution in [0.3, 0.4) is 0 Å². The van der Waals surface area contributed by atoms with Crippen molar-refractivity contribution in [3.8, 4) is 6.07 Å². The number of nitrogens with zero attached hydrogens (tertiary/aromatic N) is 1. The van der Waals surface area contributed by atoms with Gasteiger partial charge < -0.3 is 0 Å². The van der Waals surface area contributed by atoms with E-state index in [1.54, 1.807) is 31.2 Å². The molecule has 1 aromatic rings. The molecule has 0 bridgehead atoms. The van der Waals surface area contributed by atoms with Crippen LogP contribution in [0.1, 0.15) is 12.5 Å². The summed E-state index contributed by atoms with van der Waals surface area (Å²) in [5, 5.41) is 11.2. The molecule has 0 spiro atoms. The van der Waals surface area contributed by atoms with Crippen molar-refractivity contribution >= 4 is 11.8 Å². The Kier molecular flexibility index (Phi) is 2.24. The molecule has 16 heavy (non-hydrogen) atoms. The summed E-state index contributed by atoms with van der Waals surface area (Å²) in [5.41, 5.74) is -0.391. The monoisotopic (exact) mass is 214 g/mol. The van der Waals surface area contributed by atoms with Crippen molar-refractivity contribution in [3.63, 3.8) is 0 Å². The lowest BCUT2D eigenvalue weighted by atomic mass is 9.74. The van der Waals surface area contributed by atoms with Gasteiger partial charge in [0.05, 0.1) is 11.5 Å². The molecular weight excluding hydrogens is 204 g/mol. The number of rotatable bonds is 1. The minimum Gasteiger partial charge on any atom is -0.294 e. The van der Waals surface area contributed by atoms with Gasteiger partial charge in [0.2, 0.25) is 11.8 Å². The third-order valence-electron chi connectivity index (χ3n) is 3.05. The van der Waals surface area contributed by atoms with Crippen LogP contribution in [-0.2, 0) is 15.0 Å². The summed E-state index contributed by atoms with van der Waals surface area (Å²) in [5.74, 6) is -1.88. The van der Waals surface area contributed by atoms with Gasteiger partial charge >= 0.3 is 0 Å². The summed E-state index contributed by atoms with van der Waals surface area (Å²) in [6.07, 6.45) is 0. The second-order valence-corrected chi connectivity index (χ2v) is 3.95. The lowest BCUT2D eigenvalue weighted by Crippen LogP contribution is -2.36. The molecule has 1 aromatic carbocycles. The van der Waals surface area contributed by atoms with E-state index < -0.39 is 23.1 Å². The van der Waals surface area contributed by atoms with E-state index in [-0.39, 0.29) is 0 Å². The van der Waals surface area contributed by atoms with Crippen molar-refractivity contribution in [3.05, 3.63) is 35.9 Å². The summed E-state index contributed by atoms with van der Waals surface area (Å²) in [6.45, 7) is 1.62. The molecular formula is C12H10N2O2. The zero-order chi connectivity index (χ0) is 11.8. The Morgan fingerprint density at radius 1 is 1.31 bits per heavy atom. The lowest BCUT2D eigenvalue weighted by Gasteiger charge is -2.23. The molecule has 1 aliphatic rings. The van der Waals surface area contributed by atoms with Crippen LogP contribution in [0.5, 0.6) is 0 Å². The first-order valence-electron chi connectivity index (χ1n) is 4.91. The van der Waals surface area contributed by atoms with Crippen molar-refractivity contribution < 1.29 is 9.59 Å². The summed E-state index contributed by atoms with van der Waals surface area (Å²) in [7, 11) is 0. The first-order valence-corrected chi connectivity index (χ1v) is 4.91. The average molecular weight is 214 g/mol. The summed E-state index contributed by atoms with van der Waals surface area (Å²) in [4.78, 5) is 23.2. The molecule has 1 N–H and O–H groups in total. The number of nitrogens with one attached hydrogen (secondary N) is 1. The van der Waals surface area contributed by atoms with Gasteiger partial charge in [0.15, 0.2) is 0 Å². The maximum Gasteiger partial charge on any atom is 0.245 e. The molecule has 1 aliphatic heterocycles. The van der Waals surface area contributed by atoms with Gasteiger partial charge in [-0.3, -0.25) is 14.9 Å². The van der Waals surface area contributed by atoms with Crippen molar-refractivity contribution in [2.75, 3.05) is 0 Å². The molecule has 1 heterocycles. The highest BCUT2D eigenvalue weighted by atomic mass is 16.2. The fraction of sp³-hybridized carbons (Fsp3) is 0.250. The number of hydrogen-bond acceptors (Lipinski definition) is 3. The van der Waals surface area contributed by atoms with Gasteiger partial charge in [-0.05, 0) is 12.5 Å². The van der Waals surface area contributed by atoms with Crippen LogP contribution in [0.2, 0.25) is 0 Å². The predicted octanol–water partition coefficient (Wildman–Crippen LogP) is 0.740. The van der Waals surface area contributed by atoms with Gasteiger partial charge in [0.25, 0.3) is 0 Å². The van der Waals surface area contributed by atoms with E-state index >= 15 is 0 Å². The molecule has 1 saturated heterocycles. The first-order chi connectivity index (χ1) is 7.60. The number of nitriles is 1. The van der Waals surface area contributed by atoms with E-state index in [1.165, 1.54) is 0 Å². The number of amides is 2. The Hall–Kier alpha value is -2.15. The number of imide groups is 1. The van der Waals surface area contributed by atoms with Crippen LogP contribution in [0.15, 0.2) is 30.3 Å². The van der Waals surface area contributed by atoms with Crippen LogP contribution in [0.4, 0.5) is 0 Å². The van der Waals surface area contributed by atoms with Gasteiger partial charge in [0, 0.05) is 0 Å². The van der Waals surface area contributed by atoms with Crippen molar-refractivity contribution in [1.82, 2.24) is 5.32 Å². The largest absolute Gasteiger partial charge is 0.294 e. The van der Waals surface area contributed by atoms with Crippen LogP contribution in [0.25, 0.3) is 0 Å². The SMILES string of the molecule is CC1(c2ccccc2)C(=O)NC(=O)C1C#N. The van der Waals surface area contributed by atoms with Crippen LogP contribution in [-0.4, -0.2) is 11.8 Å². The van der Waals surface area contributed by atoms with Gasteiger partial charge in [-0.2, -0.15) is 5.26 Å². The highest BCUT2D eigenvalue weighted by molar-refractivity contribution is 6.11. The number of carbonyl (C=O) groups is 2. The summed E-state index contributed by atoms with van der Waals surface area (Å²) >= 11 is 0. The second kappa shape index (κ2) is 3.46. The van der Waals surface area contributed by atoms with E-state index in [2.05, 4.69) is 5.32 Å². The Bertz CT molecular complexity index is 489. The summed E-state index contributed by atoms with van der Waals surface area (Å²) in [6, 6.07) is 10.8. The molecule has 0 aromatic heterocycles. The van der Waals surface area contributed by atoms with E-state index in [9.17, 15) is 9.59 Å². The van der Waals surface area contributed by atoms with Gasteiger partial charge in [0.1, 0.15) is 5.92 Å². The number of benzene rings is 1. The van der Waals surface area contributed by atoms with Crippen LogP contribution in [0, 0.1) is 17.2 Å². The number of carbonyl (C=O) groups excluding carboxylic acids is 2. The second-order valence-electron chi connectivity index (χ2n) is 3.95. The quantitative estimate of drug-likeness (QED) is 0.701. The Morgan fingerprint density at radius 3 is 2.50 bits per heavy atom. The molecule has 2 unspecified atom stereocenters. The lowest BCUT2D eigenvalue weighted by molar-refractivity contribution is -0.126. The Labute approximate surface area is 92.9 Å². The average Bonchev–Trinajstić information content (AvgIpc) is 2.52. The van der Waals surface area contributed by atoms with Crippen molar-refractivity contribution in [2.24, 2.45) is 5.92 Å². The molecule has 2 amide bonds. The first kappa shape index (κ1) is 10.4. The molecule has 2 atom stereocenters. The molecule has 4 nitrogen and oxygen atoms in total. The van der Waals surface area contributed by atoms with E-state index in [0.717, 1.165) is 0 Å². The van der Waals surface area contributed by atoms with E-state index in [1.807, 2.05) is 12.1 Å². The Morgan fingerprint density at radius 2 is 1.94 bits per heavy atom. The van der Waals surface area contributed by atoms with E-state index in [0.29, 0.717) is 5.56 Å². The topological polar surface area (TPSA) is 70.0 Å². The molecule has 80 valence electrons. The minimum atomic E-state index is -1.08. The minimum absolute atomic E-state index is 0.407. The zero-order valence-corrected chi connectivity index (χ0v) is 8.73. The molecule has 0 aliphatic carbocycles. The van der Waals surface area contributed by atoms with Gasteiger partial charge in [-0.1, -0.05) is 30.3 Å². The maximum absolute atomic E-state index is 11.8. The standard InChI is InChI=1S/C12H10N2O2/c1-12(8-5-3-2-4-6-8)9(7-13)10(15)14-11(12)16/h2-6,9H,1H3,(H,14,15,16). The third-order valence-corrected chi connectivity index (χ3v) is 3.05. The van der Waals surface area contributed by atoms with Crippen molar-refractivity contribution in [2.45, 2.75) is 12.3 Å². The Balaban J connectivity index is 2.56. The van der Waals surface area contributed by atoms with Crippen LogP contribution < -0.4 is 5.32 Å². The fourth-order valence-electron chi connectivity index (χ4n) is 1.98. The molecule has 4 heteroatoms. The third kappa shape index (κ3) is 1.22. The van der Waals surface area contributed by atoms with Crippen LogP contribution >= 0.6 is 0 Å². The zero-order valence-electron chi connectivity index (χ0n) is 8.73. The molecule has 2 rings (SSSR count). The molecule has 0 radical (unpaired) electrons. The normalized spacial score (nSPS) is 28.6. The van der Waals surface area contributed by atoms with Gasteiger partial charge in [-0.25, -0.2) is 0 Å². The smallest absolute Gasteiger partial charge is 0.245 e. The molecule has 0 saturated carbocycles. The predicted molar refractivity (Wildman–Crippen MR) is 56.0 cm³/mol. The fourth-order valence-corrected chi connectivity index (χ4v) is 1.98. The highest BCUT2D eigenvalue weighted by Crippen LogP contribution is 2.36. The number of hydrogen-bond donors (Lipinski definition) is 1. The maximum atomic E-state index is 11.8. The highest BCUT2D eigenvalue weighted by Gasteiger charge is 2.53. The van der Waals surface area contributed by atoms with E-state index in [4.69, 9.17) is 5.26 Å². The van der Waals surface area contributed by atoms with Gasteiger partial charge in [-0.15, -0.1) is 0 Å². The molecule has 1 fully saturated rings. The van der Waals surface area contributed by atoms with Crippen molar-refractivity contribution in [1.29, 1.82) is 5.26 Å².